The van der Waals surface area contributed by atoms with Crippen molar-refractivity contribution in [3.8, 4) is 10.6 Å². The summed E-state index contributed by atoms with van der Waals surface area (Å²) in [6.07, 6.45) is -0.682. The zero-order valence-corrected chi connectivity index (χ0v) is 14.4. The molecule has 5 nitrogen and oxygen atoms in total. The fraction of sp³-hybridized carbons (Fsp3) is 0.412. The fourth-order valence-electron chi connectivity index (χ4n) is 3.79. The van der Waals surface area contributed by atoms with E-state index in [9.17, 15) is 13.2 Å². The topological polar surface area (TPSA) is 54.2 Å². The number of benzene rings is 1. The predicted octanol–water partition coefficient (Wildman–Crippen LogP) is 3.91. The summed E-state index contributed by atoms with van der Waals surface area (Å²) in [6, 6.07) is 3.30. The smallest absolute Gasteiger partial charge is 0.416 e. The summed E-state index contributed by atoms with van der Waals surface area (Å²) in [4.78, 5) is 10.6. The second-order valence-corrected chi connectivity index (χ2v) is 7.64. The summed E-state index contributed by atoms with van der Waals surface area (Å²) >= 11 is 1.28. The lowest BCUT2D eigenvalue weighted by atomic mass is 10.1. The summed E-state index contributed by atoms with van der Waals surface area (Å²) < 4.78 is 45.9. The van der Waals surface area contributed by atoms with Crippen LogP contribution in [0.3, 0.4) is 0 Å². The second kappa shape index (κ2) is 5.68. The maximum absolute atomic E-state index is 13.3. The van der Waals surface area contributed by atoms with Crippen LogP contribution in [0.2, 0.25) is 0 Å². The number of halogens is 3. The van der Waals surface area contributed by atoms with E-state index in [4.69, 9.17) is 4.42 Å². The molecule has 0 saturated carbocycles. The molecule has 5 rings (SSSR count). The van der Waals surface area contributed by atoms with Crippen LogP contribution in [-0.2, 0) is 6.18 Å². The first-order valence-electron chi connectivity index (χ1n) is 8.40. The van der Waals surface area contributed by atoms with Crippen LogP contribution >= 0.6 is 11.3 Å². The van der Waals surface area contributed by atoms with Gasteiger partial charge in [0.25, 0.3) is 6.01 Å². The highest BCUT2D eigenvalue weighted by molar-refractivity contribution is 7.13. The van der Waals surface area contributed by atoms with E-state index >= 15 is 0 Å². The van der Waals surface area contributed by atoms with Crippen molar-refractivity contribution in [3.63, 3.8) is 0 Å². The van der Waals surface area contributed by atoms with Crippen molar-refractivity contribution in [3.05, 3.63) is 29.3 Å². The molecule has 0 aliphatic carbocycles. The highest BCUT2D eigenvalue weighted by Crippen LogP contribution is 2.39. The molecule has 26 heavy (non-hydrogen) atoms. The van der Waals surface area contributed by atoms with E-state index in [1.54, 1.807) is 11.6 Å². The van der Waals surface area contributed by atoms with E-state index in [2.05, 4.69) is 15.3 Å². The summed E-state index contributed by atoms with van der Waals surface area (Å²) in [5.74, 6) is 0. The highest BCUT2D eigenvalue weighted by atomic mass is 32.1. The monoisotopic (exact) mass is 380 g/mol. The van der Waals surface area contributed by atoms with Gasteiger partial charge in [-0.1, -0.05) is 0 Å². The van der Waals surface area contributed by atoms with Gasteiger partial charge in [-0.05, 0) is 25.0 Å². The first-order valence-corrected chi connectivity index (χ1v) is 9.28. The number of anilines is 1. The Labute approximate surface area is 150 Å². The van der Waals surface area contributed by atoms with Gasteiger partial charge in [0.1, 0.15) is 10.5 Å². The number of aromatic nitrogens is 2. The molecule has 2 unspecified atom stereocenters. The van der Waals surface area contributed by atoms with Gasteiger partial charge in [-0.15, -0.1) is 11.3 Å². The molecule has 0 amide bonds. The van der Waals surface area contributed by atoms with Crippen LogP contribution in [0.25, 0.3) is 21.7 Å². The Kier molecular flexibility index (Phi) is 3.51. The molecule has 3 aromatic rings. The molecule has 136 valence electrons. The normalized spacial score (nSPS) is 23.1. The van der Waals surface area contributed by atoms with E-state index in [1.165, 1.54) is 11.3 Å². The Morgan fingerprint density at radius 1 is 1.19 bits per heavy atom. The van der Waals surface area contributed by atoms with Gasteiger partial charge in [0.2, 0.25) is 0 Å². The lowest BCUT2D eigenvalue weighted by Crippen LogP contribution is -2.51. The van der Waals surface area contributed by atoms with Crippen LogP contribution in [0.1, 0.15) is 18.4 Å². The fourth-order valence-corrected chi connectivity index (χ4v) is 4.44. The summed E-state index contributed by atoms with van der Waals surface area (Å²) in [5, 5.41) is 5.74. The summed E-state index contributed by atoms with van der Waals surface area (Å²) in [7, 11) is 0. The highest BCUT2D eigenvalue weighted by Gasteiger charge is 2.36. The molecule has 1 N–H and O–H groups in total. The van der Waals surface area contributed by atoms with Crippen LogP contribution in [-0.4, -0.2) is 35.1 Å². The number of piperazine rings is 1. The van der Waals surface area contributed by atoms with Crippen molar-refractivity contribution < 1.29 is 17.6 Å². The molecule has 9 heteroatoms. The number of oxazole rings is 1. The standard InChI is InChI=1S/C17H15F3N4OS/c18-17(19,20)9-5-12(15-21-3-4-26-15)14-13(6-9)23-16(25-14)24-7-10-1-2-11(8-24)22-10/h3-6,10-11,22H,1-2,7-8H2. The number of alkyl halides is 3. The van der Waals surface area contributed by atoms with Gasteiger partial charge in [-0.2, -0.15) is 18.2 Å². The lowest BCUT2D eigenvalue weighted by molar-refractivity contribution is -0.137. The van der Waals surface area contributed by atoms with Gasteiger partial charge in [0.15, 0.2) is 5.58 Å². The van der Waals surface area contributed by atoms with Crippen LogP contribution in [0, 0.1) is 0 Å². The molecule has 2 aliphatic heterocycles. The molecule has 2 fully saturated rings. The molecule has 2 saturated heterocycles. The molecule has 0 spiro atoms. The molecule has 2 aliphatic rings. The number of rotatable bonds is 2. The zero-order valence-electron chi connectivity index (χ0n) is 13.6. The minimum Gasteiger partial charge on any atom is -0.423 e. The quantitative estimate of drug-likeness (QED) is 0.731. The number of nitrogens with zero attached hydrogens (tertiary/aromatic N) is 3. The van der Waals surface area contributed by atoms with Gasteiger partial charge < -0.3 is 14.6 Å². The Hall–Kier alpha value is -2.13. The Bertz CT molecular complexity index is 941. The minimum absolute atomic E-state index is 0.214. The first kappa shape index (κ1) is 16.1. The van der Waals surface area contributed by atoms with E-state index in [-0.39, 0.29) is 5.52 Å². The number of thiazole rings is 1. The first-order chi connectivity index (χ1) is 12.5. The van der Waals surface area contributed by atoms with E-state index in [0.29, 0.717) is 34.3 Å². The maximum Gasteiger partial charge on any atom is 0.416 e. The Morgan fingerprint density at radius 2 is 1.96 bits per heavy atom. The van der Waals surface area contributed by atoms with E-state index in [0.717, 1.165) is 38.1 Å². The van der Waals surface area contributed by atoms with Crippen molar-refractivity contribution in [2.24, 2.45) is 0 Å². The van der Waals surface area contributed by atoms with Crippen molar-refractivity contribution in [2.45, 2.75) is 31.1 Å². The number of fused-ring (bicyclic) bond motifs is 3. The molecule has 2 aromatic heterocycles. The lowest BCUT2D eigenvalue weighted by Gasteiger charge is -2.31. The molecule has 2 bridgehead atoms. The SMILES string of the molecule is FC(F)(F)c1cc(-c2nccs2)c2oc(N3CC4CCC(C3)N4)nc2c1. The predicted molar refractivity (Wildman–Crippen MR) is 92.3 cm³/mol. The molecular weight excluding hydrogens is 365 g/mol. The van der Waals surface area contributed by atoms with Crippen LogP contribution in [0.5, 0.6) is 0 Å². The number of hydrogen-bond donors (Lipinski definition) is 1. The average molecular weight is 380 g/mol. The Morgan fingerprint density at radius 3 is 2.62 bits per heavy atom. The van der Waals surface area contributed by atoms with Crippen molar-refractivity contribution in [1.29, 1.82) is 0 Å². The third kappa shape index (κ3) is 2.66. The van der Waals surface area contributed by atoms with Crippen molar-refractivity contribution in [2.75, 3.05) is 18.0 Å². The van der Waals surface area contributed by atoms with Gasteiger partial charge in [-0.25, -0.2) is 4.98 Å². The molecule has 2 atom stereocenters. The molecular formula is C17H15F3N4OS. The second-order valence-electron chi connectivity index (χ2n) is 6.75. The van der Waals surface area contributed by atoms with Crippen molar-refractivity contribution in [1.82, 2.24) is 15.3 Å². The largest absolute Gasteiger partial charge is 0.423 e. The third-order valence-corrected chi connectivity index (χ3v) is 5.76. The zero-order chi connectivity index (χ0) is 17.9. The minimum atomic E-state index is -4.45. The molecule has 4 heterocycles. The number of nitrogens with one attached hydrogen (secondary N) is 1. The summed E-state index contributed by atoms with van der Waals surface area (Å²) in [6.45, 7) is 1.50. The third-order valence-electron chi connectivity index (χ3n) is 4.96. The van der Waals surface area contributed by atoms with Crippen LogP contribution in [0.4, 0.5) is 19.2 Å². The van der Waals surface area contributed by atoms with Crippen LogP contribution < -0.4 is 10.2 Å². The number of hydrogen-bond acceptors (Lipinski definition) is 6. The average Bonchev–Trinajstić information content (AvgIpc) is 3.32. The molecule has 1 aromatic carbocycles. The van der Waals surface area contributed by atoms with Crippen molar-refractivity contribution >= 4 is 28.5 Å². The summed E-state index contributed by atoms with van der Waals surface area (Å²) in [5.41, 5.74) is 0.164. The van der Waals surface area contributed by atoms with E-state index < -0.39 is 11.7 Å². The van der Waals surface area contributed by atoms with Crippen LogP contribution in [0.15, 0.2) is 28.1 Å². The van der Waals surface area contributed by atoms with E-state index in [1.807, 2.05) is 4.90 Å². The maximum atomic E-state index is 13.3. The Balaban J connectivity index is 1.63. The van der Waals surface area contributed by atoms with Gasteiger partial charge in [-0.3, -0.25) is 0 Å². The molecule has 0 radical (unpaired) electrons. The van der Waals surface area contributed by atoms with Gasteiger partial charge >= 0.3 is 6.18 Å². The van der Waals surface area contributed by atoms with Gasteiger partial charge in [0.05, 0.1) is 11.1 Å². The van der Waals surface area contributed by atoms with Gasteiger partial charge in [0, 0.05) is 36.8 Å².